The minimum absolute atomic E-state index is 0.0725. The first-order valence-corrected chi connectivity index (χ1v) is 6.20. The lowest BCUT2D eigenvalue weighted by atomic mass is 10.0. The summed E-state index contributed by atoms with van der Waals surface area (Å²) in [4.78, 5) is 16.0. The molecule has 0 atom stereocenters. The third-order valence-corrected chi connectivity index (χ3v) is 3.22. The van der Waals surface area contributed by atoms with Crippen molar-refractivity contribution in [2.75, 3.05) is 33.7 Å². The van der Waals surface area contributed by atoms with E-state index in [-0.39, 0.29) is 6.03 Å². The Bertz CT molecular complexity index is 222. The van der Waals surface area contributed by atoms with E-state index in [0.29, 0.717) is 12.0 Å². The number of amides is 2. The van der Waals surface area contributed by atoms with Gasteiger partial charge in [0.25, 0.3) is 0 Å². The number of hydrogen-bond donors (Lipinski definition) is 1. The van der Waals surface area contributed by atoms with Gasteiger partial charge < -0.3 is 15.1 Å². The summed E-state index contributed by atoms with van der Waals surface area (Å²) in [5.41, 5.74) is 0. The summed E-state index contributed by atoms with van der Waals surface area (Å²) in [6.45, 7) is 7.15. The van der Waals surface area contributed by atoms with Gasteiger partial charge in [-0.25, -0.2) is 4.79 Å². The van der Waals surface area contributed by atoms with Gasteiger partial charge in [-0.2, -0.15) is 0 Å². The van der Waals surface area contributed by atoms with E-state index < -0.39 is 0 Å². The highest BCUT2D eigenvalue weighted by Gasteiger charge is 2.23. The molecule has 16 heavy (non-hydrogen) atoms. The van der Waals surface area contributed by atoms with Crippen LogP contribution in [0.25, 0.3) is 0 Å². The fraction of sp³-hybridized carbons (Fsp3) is 0.917. The van der Waals surface area contributed by atoms with Crippen molar-refractivity contribution in [3.8, 4) is 0 Å². The van der Waals surface area contributed by atoms with E-state index in [4.69, 9.17) is 0 Å². The molecule has 0 radical (unpaired) electrons. The van der Waals surface area contributed by atoms with E-state index >= 15 is 0 Å². The number of carbonyl (C=O) groups is 1. The molecule has 1 heterocycles. The molecule has 1 saturated heterocycles. The molecule has 4 heteroatoms. The average Bonchev–Trinajstić information content (AvgIpc) is 2.26. The standard InChI is InChI=1S/C12H25N3O/c1-10(2)9-13-12(16)15(4)11-5-7-14(3)8-6-11/h10-11H,5-9H2,1-4H3,(H,13,16). The van der Waals surface area contributed by atoms with Crippen LogP contribution in [0.15, 0.2) is 0 Å². The van der Waals surface area contributed by atoms with Gasteiger partial charge in [-0.15, -0.1) is 0 Å². The molecule has 1 rings (SSSR count). The lowest BCUT2D eigenvalue weighted by molar-refractivity contribution is 0.147. The minimum Gasteiger partial charge on any atom is -0.338 e. The molecule has 0 unspecified atom stereocenters. The van der Waals surface area contributed by atoms with Gasteiger partial charge in [-0.1, -0.05) is 13.8 Å². The maximum absolute atomic E-state index is 11.8. The van der Waals surface area contributed by atoms with Crippen molar-refractivity contribution < 1.29 is 4.79 Å². The van der Waals surface area contributed by atoms with Crippen molar-refractivity contribution in [1.82, 2.24) is 15.1 Å². The van der Waals surface area contributed by atoms with E-state index in [1.54, 1.807) is 0 Å². The van der Waals surface area contributed by atoms with Crippen LogP contribution in [-0.4, -0.2) is 55.6 Å². The normalized spacial score (nSPS) is 18.8. The Labute approximate surface area is 99.0 Å². The van der Waals surface area contributed by atoms with Crippen LogP contribution in [0, 0.1) is 5.92 Å². The summed E-state index contributed by atoms with van der Waals surface area (Å²) in [6.07, 6.45) is 2.17. The van der Waals surface area contributed by atoms with Crippen molar-refractivity contribution in [3.05, 3.63) is 0 Å². The van der Waals surface area contributed by atoms with Gasteiger partial charge in [-0.05, 0) is 38.9 Å². The van der Waals surface area contributed by atoms with E-state index in [2.05, 4.69) is 31.1 Å². The lowest BCUT2D eigenvalue weighted by Crippen LogP contribution is -2.48. The maximum Gasteiger partial charge on any atom is 0.317 e. The van der Waals surface area contributed by atoms with Crippen LogP contribution >= 0.6 is 0 Å². The fourth-order valence-electron chi connectivity index (χ4n) is 1.96. The van der Waals surface area contributed by atoms with E-state index in [0.717, 1.165) is 32.5 Å². The molecule has 1 fully saturated rings. The minimum atomic E-state index is 0.0725. The van der Waals surface area contributed by atoms with Crippen LogP contribution in [0.1, 0.15) is 26.7 Å². The first-order valence-electron chi connectivity index (χ1n) is 6.20. The molecule has 1 aliphatic heterocycles. The highest BCUT2D eigenvalue weighted by molar-refractivity contribution is 5.74. The van der Waals surface area contributed by atoms with Crippen molar-refractivity contribution in [2.45, 2.75) is 32.7 Å². The zero-order chi connectivity index (χ0) is 12.1. The predicted molar refractivity (Wildman–Crippen MR) is 66.5 cm³/mol. The zero-order valence-corrected chi connectivity index (χ0v) is 11.0. The molecule has 0 aromatic heterocycles. The van der Waals surface area contributed by atoms with Gasteiger partial charge in [-0.3, -0.25) is 0 Å². The number of piperidine rings is 1. The van der Waals surface area contributed by atoms with Gasteiger partial charge in [0.1, 0.15) is 0 Å². The molecule has 0 aliphatic carbocycles. The summed E-state index contributed by atoms with van der Waals surface area (Å²) in [6, 6.07) is 0.478. The predicted octanol–water partition coefficient (Wildman–Crippen LogP) is 1.38. The first kappa shape index (κ1) is 13.3. The molecule has 0 spiro atoms. The topological polar surface area (TPSA) is 35.6 Å². The number of hydrogen-bond acceptors (Lipinski definition) is 2. The van der Waals surface area contributed by atoms with Gasteiger partial charge in [0.05, 0.1) is 0 Å². The van der Waals surface area contributed by atoms with Crippen LogP contribution in [-0.2, 0) is 0 Å². The number of likely N-dealkylation sites (tertiary alicyclic amines) is 1. The number of carbonyl (C=O) groups excluding carboxylic acids is 1. The Kier molecular flexibility index (Phi) is 5.06. The van der Waals surface area contributed by atoms with Crippen LogP contribution in [0.4, 0.5) is 4.79 Å². The highest BCUT2D eigenvalue weighted by atomic mass is 16.2. The SMILES string of the molecule is CC(C)CNC(=O)N(C)C1CCN(C)CC1. The summed E-state index contributed by atoms with van der Waals surface area (Å²) in [5.74, 6) is 0.509. The number of nitrogens with one attached hydrogen (secondary N) is 1. The molecule has 1 N–H and O–H groups in total. The van der Waals surface area contributed by atoms with E-state index in [9.17, 15) is 4.79 Å². The first-order chi connectivity index (χ1) is 7.50. The van der Waals surface area contributed by atoms with E-state index in [1.165, 1.54) is 0 Å². The third kappa shape index (κ3) is 4.00. The molecule has 0 bridgehead atoms. The number of nitrogens with zero attached hydrogens (tertiary/aromatic N) is 2. The molecule has 0 saturated carbocycles. The Hall–Kier alpha value is -0.770. The van der Waals surface area contributed by atoms with Crippen molar-refractivity contribution in [3.63, 3.8) is 0 Å². The molecule has 1 aliphatic rings. The fourth-order valence-corrected chi connectivity index (χ4v) is 1.96. The van der Waals surface area contributed by atoms with Crippen LogP contribution in [0.5, 0.6) is 0 Å². The number of rotatable bonds is 3. The molecule has 0 aromatic rings. The van der Waals surface area contributed by atoms with Crippen molar-refractivity contribution in [1.29, 1.82) is 0 Å². The second-order valence-corrected chi connectivity index (χ2v) is 5.23. The van der Waals surface area contributed by atoms with E-state index in [1.807, 2.05) is 11.9 Å². The largest absolute Gasteiger partial charge is 0.338 e. The second kappa shape index (κ2) is 6.09. The quantitative estimate of drug-likeness (QED) is 0.790. The maximum atomic E-state index is 11.8. The van der Waals surface area contributed by atoms with Crippen LogP contribution in [0.3, 0.4) is 0 Å². The Morgan fingerprint density at radius 2 is 2.00 bits per heavy atom. The third-order valence-electron chi connectivity index (χ3n) is 3.22. The van der Waals surface area contributed by atoms with Crippen LogP contribution < -0.4 is 5.32 Å². The monoisotopic (exact) mass is 227 g/mol. The smallest absolute Gasteiger partial charge is 0.317 e. The Balaban J connectivity index is 2.32. The summed E-state index contributed by atoms with van der Waals surface area (Å²) < 4.78 is 0. The number of urea groups is 1. The van der Waals surface area contributed by atoms with Crippen molar-refractivity contribution >= 4 is 6.03 Å². The Morgan fingerprint density at radius 3 is 2.50 bits per heavy atom. The van der Waals surface area contributed by atoms with Crippen LogP contribution in [0.2, 0.25) is 0 Å². The summed E-state index contributed by atoms with van der Waals surface area (Å²) in [5, 5.41) is 2.96. The molecular weight excluding hydrogens is 202 g/mol. The highest BCUT2D eigenvalue weighted by Crippen LogP contribution is 2.13. The zero-order valence-electron chi connectivity index (χ0n) is 11.0. The summed E-state index contributed by atoms with van der Waals surface area (Å²) in [7, 11) is 4.04. The molecule has 4 nitrogen and oxygen atoms in total. The van der Waals surface area contributed by atoms with Gasteiger partial charge in [0.15, 0.2) is 0 Å². The van der Waals surface area contributed by atoms with Gasteiger partial charge >= 0.3 is 6.03 Å². The average molecular weight is 227 g/mol. The van der Waals surface area contributed by atoms with Gasteiger partial charge in [0.2, 0.25) is 0 Å². The second-order valence-electron chi connectivity index (χ2n) is 5.23. The van der Waals surface area contributed by atoms with Gasteiger partial charge in [0, 0.05) is 19.6 Å². The summed E-state index contributed by atoms with van der Waals surface area (Å²) >= 11 is 0. The molecule has 94 valence electrons. The molecular formula is C12H25N3O. The molecule has 2 amide bonds. The van der Waals surface area contributed by atoms with Crippen molar-refractivity contribution in [2.24, 2.45) is 5.92 Å². The molecule has 0 aromatic carbocycles. The lowest BCUT2D eigenvalue weighted by Gasteiger charge is -2.35. The Morgan fingerprint density at radius 1 is 1.44 bits per heavy atom.